The number of benzene rings is 1. The number of pyridine rings is 1. The molecular formula is C18H16BrN5O. The molecule has 25 heavy (non-hydrogen) atoms. The molecule has 7 heteroatoms. The monoisotopic (exact) mass is 397 g/mol. The van der Waals surface area contributed by atoms with E-state index >= 15 is 0 Å². The lowest BCUT2D eigenvalue weighted by molar-refractivity contribution is 0.0950. The van der Waals surface area contributed by atoms with Crippen LogP contribution in [-0.2, 0) is 6.54 Å². The first kappa shape index (κ1) is 17.0. The summed E-state index contributed by atoms with van der Waals surface area (Å²) in [5.41, 5.74) is 3.35. The molecule has 1 amide bonds. The second-order valence-electron chi connectivity index (χ2n) is 5.43. The van der Waals surface area contributed by atoms with E-state index in [1.165, 1.54) is 12.4 Å². The Kier molecular flexibility index (Phi) is 5.35. The van der Waals surface area contributed by atoms with Gasteiger partial charge in [-0.1, -0.05) is 28.1 Å². The number of halogens is 1. The van der Waals surface area contributed by atoms with E-state index in [-0.39, 0.29) is 5.91 Å². The van der Waals surface area contributed by atoms with Gasteiger partial charge in [-0.3, -0.25) is 9.78 Å². The molecule has 0 unspecified atom stereocenters. The van der Waals surface area contributed by atoms with Crippen molar-refractivity contribution in [3.63, 3.8) is 0 Å². The molecule has 3 aromatic rings. The Hall–Kier alpha value is -2.80. The molecule has 2 heterocycles. The number of carbonyl (C=O) groups excluding carboxylic acids is 1. The Morgan fingerprint density at radius 1 is 1.16 bits per heavy atom. The standard InChI is InChI=1S/C18H16BrN5O/c1-12-4-5-15(7-16(12)19)24-18-22-10-14(11-23-18)17(25)21-9-13-3-2-6-20-8-13/h2-8,10-11H,9H2,1H3,(H,21,25)(H,22,23,24). The molecule has 2 aromatic heterocycles. The predicted molar refractivity (Wildman–Crippen MR) is 99.6 cm³/mol. The first-order valence-corrected chi connectivity index (χ1v) is 8.43. The van der Waals surface area contributed by atoms with Crippen molar-refractivity contribution < 1.29 is 4.79 Å². The third kappa shape index (κ3) is 4.60. The van der Waals surface area contributed by atoms with Gasteiger partial charge in [0.2, 0.25) is 5.95 Å². The zero-order valence-electron chi connectivity index (χ0n) is 13.5. The average molecular weight is 398 g/mol. The van der Waals surface area contributed by atoms with Gasteiger partial charge in [-0.25, -0.2) is 9.97 Å². The molecule has 0 saturated carbocycles. The van der Waals surface area contributed by atoms with Crippen molar-refractivity contribution >= 4 is 33.5 Å². The normalized spacial score (nSPS) is 10.3. The second kappa shape index (κ2) is 7.85. The zero-order valence-corrected chi connectivity index (χ0v) is 15.1. The molecule has 3 rings (SSSR count). The first-order valence-electron chi connectivity index (χ1n) is 7.64. The minimum Gasteiger partial charge on any atom is -0.348 e. The molecule has 0 saturated heterocycles. The van der Waals surface area contributed by atoms with Crippen molar-refractivity contribution in [1.82, 2.24) is 20.3 Å². The molecule has 0 aliphatic rings. The maximum atomic E-state index is 12.1. The number of anilines is 2. The van der Waals surface area contributed by atoms with Gasteiger partial charge in [-0.15, -0.1) is 0 Å². The van der Waals surface area contributed by atoms with Gasteiger partial charge in [-0.05, 0) is 36.2 Å². The van der Waals surface area contributed by atoms with Crippen LogP contribution in [0.3, 0.4) is 0 Å². The maximum Gasteiger partial charge on any atom is 0.254 e. The van der Waals surface area contributed by atoms with Gasteiger partial charge in [0.25, 0.3) is 5.91 Å². The van der Waals surface area contributed by atoms with Gasteiger partial charge in [0.1, 0.15) is 0 Å². The van der Waals surface area contributed by atoms with Crippen LogP contribution in [0.2, 0.25) is 0 Å². The van der Waals surface area contributed by atoms with Crippen LogP contribution in [0.25, 0.3) is 0 Å². The molecule has 0 radical (unpaired) electrons. The van der Waals surface area contributed by atoms with E-state index in [2.05, 4.69) is 41.5 Å². The molecule has 126 valence electrons. The largest absolute Gasteiger partial charge is 0.348 e. The highest BCUT2D eigenvalue weighted by molar-refractivity contribution is 9.10. The molecule has 0 aliphatic carbocycles. The SMILES string of the molecule is Cc1ccc(Nc2ncc(C(=O)NCc3cccnc3)cn2)cc1Br. The predicted octanol–water partition coefficient (Wildman–Crippen LogP) is 3.62. The number of nitrogens with zero attached hydrogens (tertiary/aromatic N) is 3. The number of rotatable bonds is 5. The topological polar surface area (TPSA) is 79.8 Å². The van der Waals surface area contributed by atoms with Crippen LogP contribution >= 0.6 is 15.9 Å². The molecule has 2 N–H and O–H groups in total. The number of hydrogen-bond acceptors (Lipinski definition) is 5. The van der Waals surface area contributed by atoms with Crippen LogP contribution in [-0.4, -0.2) is 20.9 Å². The highest BCUT2D eigenvalue weighted by Gasteiger charge is 2.07. The minimum atomic E-state index is -0.228. The molecule has 0 aliphatic heterocycles. The van der Waals surface area contributed by atoms with Crippen molar-refractivity contribution in [2.75, 3.05) is 5.32 Å². The van der Waals surface area contributed by atoms with Crippen molar-refractivity contribution in [2.45, 2.75) is 13.5 Å². The number of carbonyl (C=O) groups is 1. The van der Waals surface area contributed by atoms with Gasteiger partial charge in [0.15, 0.2) is 0 Å². The van der Waals surface area contributed by atoms with Gasteiger partial charge < -0.3 is 10.6 Å². The molecule has 6 nitrogen and oxygen atoms in total. The van der Waals surface area contributed by atoms with E-state index in [1.807, 2.05) is 37.3 Å². The van der Waals surface area contributed by atoms with Crippen LogP contribution in [0.15, 0.2) is 59.6 Å². The third-order valence-electron chi connectivity index (χ3n) is 3.52. The first-order chi connectivity index (χ1) is 12.1. The average Bonchev–Trinajstić information content (AvgIpc) is 2.64. The molecule has 0 bridgehead atoms. The Morgan fingerprint density at radius 2 is 1.96 bits per heavy atom. The number of aromatic nitrogens is 3. The lowest BCUT2D eigenvalue weighted by atomic mass is 10.2. The van der Waals surface area contributed by atoms with E-state index in [9.17, 15) is 4.79 Å². The second-order valence-corrected chi connectivity index (χ2v) is 6.28. The van der Waals surface area contributed by atoms with Crippen LogP contribution < -0.4 is 10.6 Å². The molecule has 0 spiro atoms. The summed E-state index contributed by atoms with van der Waals surface area (Å²) < 4.78 is 1.00. The summed E-state index contributed by atoms with van der Waals surface area (Å²) >= 11 is 3.49. The molecule has 1 aromatic carbocycles. The summed E-state index contributed by atoms with van der Waals surface area (Å²) in [5, 5.41) is 5.92. The summed E-state index contributed by atoms with van der Waals surface area (Å²) in [7, 11) is 0. The van der Waals surface area contributed by atoms with E-state index in [0.29, 0.717) is 18.1 Å². The summed E-state index contributed by atoms with van der Waals surface area (Å²) in [6.45, 7) is 2.42. The van der Waals surface area contributed by atoms with Crippen molar-refractivity contribution in [2.24, 2.45) is 0 Å². The summed E-state index contributed by atoms with van der Waals surface area (Å²) in [5.74, 6) is 0.202. The van der Waals surface area contributed by atoms with Gasteiger partial charge in [-0.2, -0.15) is 0 Å². The smallest absolute Gasteiger partial charge is 0.254 e. The van der Waals surface area contributed by atoms with E-state index in [4.69, 9.17) is 0 Å². The highest BCUT2D eigenvalue weighted by Crippen LogP contribution is 2.22. The van der Waals surface area contributed by atoms with E-state index in [1.54, 1.807) is 12.4 Å². The molecule has 0 fully saturated rings. The minimum absolute atomic E-state index is 0.228. The highest BCUT2D eigenvalue weighted by atomic mass is 79.9. The van der Waals surface area contributed by atoms with Crippen molar-refractivity contribution in [1.29, 1.82) is 0 Å². The van der Waals surface area contributed by atoms with Gasteiger partial charge in [0.05, 0.1) is 5.56 Å². The zero-order chi connectivity index (χ0) is 17.6. The Morgan fingerprint density at radius 3 is 2.64 bits per heavy atom. The number of amides is 1. The summed E-state index contributed by atoms with van der Waals surface area (Å²) in [4.78, 5) is 24.5. The number of nitrogens with one attached hydrogen (secondary N) is 2. The summed E-state index contributed by atoms with van der Waals surface area (Å²) in [6.07, 6.45) is 6.40. The fourth-order valence-electron chi connectivity index (χ4n) is 2.10. The quantitative estimate of drug-likeness (QED) is 0.687. The fraction of sp³-hybridized carbons (Fsp3) is 0.111. The van der Waals surface area contributed by atoms with Gasteiger partial charge >= 0.3 is 0 Å². The Balaban J connectivity index is 1.61. The Labute approximate surface area is 153 Å². The van der Waals surface area contributed by atoms with Crippen molar-refractivity contribution in [3.8, 4) is 0 Å². The third-order valence-corrected chi connectivity index (χ3v) is 4.37. The number of aryl methyl sites for hydroxylation is 1. The maximum absolute atomic E-state index is 12.1. The molecule has 0 atom stereocenters. The van der Waals surface area contributed by atoms with Gasteiger partial charge in [0, 0.05) is 41.5 Å². The van der Waals surface area contributed by atoms with Crippen LogP contribution in [0.1, 0.15) is 21.5 Å². The Bertz CT molecular complexity index is 868. The number of hydrogen-bond donors (Lipinski definition) is 2. The van der Waals surface area contributed by atoms with Crippen LogP contribution in [0.5, 0.6) is 0 Å². The van der Waals surface area contributed by atoms with Crippen LogP contribution in [0.4, 0.5) is 11.6 Å². The lowest BCUT2D eigenvalue weighted by Crippen LogP contribution is -2.23. The summed E-state index contributed by atoms with van der Waals surface area (Å²) in [6, 6.07) is 9.61. The van der Waals surface area contributed by atoms with Crippen LogP contribution in [0, 0.1) is 6.92 Å². The fourth-order valence-corrected chi connectivity index (χ4v) is 2.48. The van der Waals surface area contributed by atoms with E-state index < -0.39 is 0 Å². The molecular weight excluding hydrogens is 382 g/mol. The van der Waals surface area contributed by atoms with E-state index in [0.717, 1.165) is 21.3 Å². The lowest BCUT2D eigenvalue weighted by Gasteiger charge is -2.08. The van der Waals surface area contributed by atoms with Crippen molar-refractivity contribution in [3.05, 3.63) is 76.3 Å².